The smallest absolute Gasteiger partial charge is 0.339 e. The number of hydrogen-bond donors (Lipinski definition) is 0. The van der Waals surface area contributed by atoms with Crippen LogP contribution in [0.4, 0.5) is 0 Å². The molecule has 0 aliphatic rings. The van der Waals surface area contributed by atoms with Gasteiger partial charge in [0.15, 0.2) is 18.2 Å². The highest BCUT2D eigenvalue weighted by Crippen LogP contribution is 2.27. The monoisotopic (exact) mass is 422 g/mol. The molecule has 0 N–H and O–H groups in total. The number of nitrogens with zero attached hydrogens (tertiary/aromatic N) is 2. The highest BCUT2D eigenvalue weighted by atomic mass is 32.2. The number of carbonyl (C=O) groups is 2. The lowest BCUT2D eigenvalue weighted by Gasteiger charge is -2.08. The van der Waals surface area contributed by atoms with Crippen molar-refractivity contribution in [3.05, 3.63) is 77.1 Å². The van der Waals surface area contributed by atoms with Gasteiger partial charge in [0.05, 0.1) is 11.3 Å². The lowest BCUT2D eigenvalue weighted by Crippen LogP contribution is -2.15. The standard InChI is InChI=1S/C22H18N2O5S/c1-13-15-7-3-5-9-18(15)28-21(13)17(25)11-27-22(26)16-8-4-6-10-19(16)30-12-20-23-14(2)24-29-20/h3-10H,11-12H2,1-2H3. The molecule has 2 aromatic heterocycles. The Kier molecular flexibility index (Phi) is 5.67. The first-order valence-corrected chi connectivity index (χ1v) is 10.2. The first-order valence-electron chi connectivity index (χ1n) is 9.22. The topological polar surface area (TPSA) is 95.4 Å². The molecule has 4 aromatic rings. The zero-order valence-corrected chi connectivity index (χ0v) is 17.2. The summed E-state index contributed by atoms with van der Waals surface area (Å²) < 4.78 is 16.0. The van der Waals surface area contributed by atoms with Crippen LogP contribution in [-0.2, 0) is 10.5 Å². The Balaban J connectivity index is 1.43. The summed E-state index contributed by atoms with van der Waals surface area (Å²) in [5, 5.41) is 4.62. The molecule has 0 saturated heterocycles. The molecule has 0 amide bonds. The van der Waals surface area contributed by atoms with Gasteiger partial charge in [-0.3, -0.25) is 4.79 Å². The maximum Gasteiger partial charge on any atom is 0.339 e. The third-order valence-electron chi connectivity index (χ3n) is 4.46. The van der Waals surface area contributed by atoms with Crippen molar-refractivity contribution in [3.8, 4) is 0 Å². The van der Waals surface area contributed by atoms with Crippen LogP contribution in [0.1, 0.15) is 38.2 Å². The van der Waals surface area contributed by atoms with Gasteiger partial charge in [0, 0.05) is 15.8 Å². The van der Waals surface area contributed by atoms with Gasteiger partial charge in [0.2, 0.25) is 11.7 Å². The van der Waals surface area contributed by atoms with Crippen LogP contribution in [-0.4, -0.2) is 28.5 Å². The van der Waals surface area contributed by atoms with Crippen LogP contribution in [0.3, 0.4) is 0 Å². The van der Waals surface area contributed by atoms with E-state index in [1.54, 1.807) is 31.2 Å². The van der Waals surface area contributed by atoms with Gasteiger partial charge < -0.3 is 13.7 Å². The Bertz CT molecular complexity index is 1230. The van der Waals surface area contributed by atoms with E-state index in [0.29, 0.717) is 33.5 Å². The second-order valence-electron chi connectivity index (χ2n) is 6.57. The first kappa shape index (κ1) is 19.9. The number of Topliss-reactive ketones (excluding diaryl/α,β-unsaturated/α-hetero) is 1. The van der Waals surface area contributed by atoms with Crippen molar-refractivity contribution in [2.24, 2.45) is 0 Å². The van der Waals surface area contributed by atoms with Gasteiger partial charge in [-0.2, -0.15) is 4.98 Å². The molecule has 7 nitrogen and oxygen atoms in total. The predicted molar refractivity (Wildman–Crippen MR) is 111 cm³/mol. The third-order valence-corrected chi connectivity index (χ3v) is 5.52. The molecule has 2 heterocycles. The number of carbonyl (C=O) groups excluding carboxylic acids is 2. The number of fused-ring (bicyclic) bond motifs is 1. The van der Waals surface area contributed by atoms with Crippen LogP contribution in [0.5, 0.6) is 0 Å². The van der Waals surface area contributed by atoms with Crippen LogP contribution in [0.15, 0.2) is 62.4 Å². The number of thioether (sulfide) groups is 1. The summed E-state index contributed by atoms with van der Waals surface area (Å²) in [6.45, 7) is 3.15. The van der Waals surface area contributed by atoms with Crippen molar-refractivity contribution in [1.29, 1.82) is 0 Å². The molecule has 2 aromatic carbocycles. The molecule has 0 atom stereocenters. The van der Waals surface area contributed by atoms with Crippen LogP contribution < -0.4 is 0 Å². The zero-order valence-electron chi connectivity index (χ0n) is 16.4. The molecular formula is C22H18N2O5S. The quantitative estimate of drug-likeness (QED) is 0.239. The summed E-state index contributed by atoms with van der Waals surface area (Å²) in [5.74, 6) is 0.681. The summed E-state index contributed by atoms with van der Waals surface area (Å²) in [5.41, 5.74) is 1.73. The fourth-order valence-corrected chi connectivity index (χ4v) is 3.89. The number of para-hydroxylation sites is 1. The summed E-state index contributed by atoms with van der Waals surface area (Å²) >= 11 is 1.38. The van der Waals surface area contributed by atoms with Gasteiger partial charge in [-0.1, -0.05) is 35.5 Å². The highest BCUT2D eigenvalue weighted by Gasteiger charge is 2.20. The van der Waals surface area contributed by atoms with Crippen molar-refractivity contribution in [2.45, 2.75) is 24.5 Å². The van der Waals surface area contributed by atoms with Gasteiger partial charge in [-0.25, -0.2) is 4.79 Å². The number of aryl methyl sites for hydroxylation is 2. The lowest BCUT2D eigenvalue weighted by molar-refractivity contribution is 0.0464. The fourth-order valence-electron chi connectivity index (χ4n) is 3.01. The fraction of sp³-hybridized carbons (Fsp3) is 0.182. The second kappa shape index (κ2) is 8.54. The average Bonchev–Trinajstić information content (AvgIpc) is 3.33. The number of rotatable bonds is 7. The largest absolute Gasteiger partial charge is 0.454 e. The average molecular weight is 422 g/mol. The molecule has 0 spiro atoms. The minimum Gasteiger partial charge on any atom is -0.454 e. The Labute approximate surface area is 176 Å². The number of furan rings is 1. The van der Waals surface area contributed by atoms with Gasteiger partial charge in [0.25, 0.3) is 0 Å². The van der Waals surface area contributed by atoms with E-state index in [1.807, 2.05) is 31.2 Å². The van der Waals surface area contributed by atoms with Crippen molar-refractivity contribution in [2.75, 3.05) is 6.61 Å². The SMILES string of the molecule is Cc1noc(CSc2ccccc2C(=O)OCC(=O)c2oc3ccccc3c2C)n1. The molecule has 152 valence electrons. The number of benzene rings is 2. The van der Waals surface area contributed by atoms with E-state index in [0.717, 1.165) is 10.9 Å². The molecule has 30 heavy (non-hydrogen) atoms. The number of esters is 1. The lowest BCUT2D eigenvalue weighted by atomic mass is 10.1. The molecule has 0 fully saturated rings. The van der Waals surface area contributed by atoms with E-state index in [2.05, 4.69) is 10.1 Å². The summed E-state index contributed by atoms with van der Waals surface area (Å²) in [7, 11) is 0. The van der Waals surface area contributed by atoms with E-state index in [-0.39, 0.29) is 11.5 Å². The van der Waals surface area contributed by atoms with Crippen molar-refractivity contribution in [3.63, 3.8) is 0 Å². The molecule has 0 saturated carbocycles. The van der Waals surface area contributed by atoms with Gasteiger partial charge >= 0.3 is 5.97 Å². The number of hydrogen-bond acceptors (Lipinski definition) is 8. The maximum atomic E-state index is 12.6. The Hall–Kier alpha value is -3.39. The molecule has 0 aliphatic carbocycles. The van der Waals surface area contributed by atoms with E-state index in [4.69, 9.17) is 13.7 Å². The number of aromatic nitrogens is 2. The van der Waals surface area contributed by atoms with E-state index in [1.165, 1.54) is 11.8 Å². The molecule has 4 rings (SSSR count). The second-order valence-corrected chi connectivity index (χ2v) is 7.59. The number of ketones is 1. The first-order chi connectivity index (χ1) is 14.5. The van der Waals surface area contributed by atoms with Gasteiger partial charge in [0.1, 0.15) is 5.58 Å². The molecule has 0 bridgehead atoms. The normalized spacial score (nSPS) is 11.0. The molecule has 0 unspecified atom stereocenters. The number of ether oxygens (including phenoxy) is 1. The summed E-state index contributed by atoms with van der Waals surface area (Å²) in [6.07, 6.45) is 0. The van der Waals surface area contributed by atoms with Crippen LogP contribution in [0, 0.1) is 13.8 Å². The molecule has 0 aliphatic heterocycles. The Morgan fingerprint density at radius 2 is 1.83 bits per heavy atom. The Morgan fingerprint density at radius 1 is 1.07 bits per heavy atom. The zero-order chi connectivity index (χ0) is 21.1. The summed E-state index contributed by atoms with van der Waals surface area (Å²) in [6, 6.07) is 14.4. The van der Waals surface area contributed by atoms with E-state index >= 15 is 0 Å². The highest BCUT2D eigenvalue weighted by molar-refractivity contribution is 7.98. The van der Waals surface area contributed by atoms with E-state index < -0.39 is 12.6 Å². The summed E-state index contributed by atoms with van der Waals surface area (Å²) in [4.78, 5) is 30.0. The Morgan fingerprint density at radius 3 is 2.60 bits per heavy atom. The van der Waals surface area contributed by atoms with Crippen molar-refractivity contribution >= 4 is 34.5 Å². The van der Waals surface area contributed by atoms with Gasteiger partial charge in [-0.15, -0.1) is 11.8 Å². The molecular weight excluding hydrogens is 404 g/mol. The predicted octanol–water partition coefficient (Wildman–Crippen LogP) is 4.76. The van der Waals surface area contributed by atoms with E-state index in [9.17, 15) is 9.59 Å². The van der Waals surface area contributed by atoms with Crippen LogP contribution in [0.2, 0.25) is 0 Å². The van der Waals surface area contributed by atoms with Gasteiger partial charge in [-0.05, 0) is 32.0 Å². The van der Waals surface area contributed by atoms with Crippen molar-refractivity contribution < 1.29 is 23.3 Å². The van der Waals surface area contributed by atoms with Crippen molar-refractivity contribution in [1.82, 2.24) is 10.1 Å². The molecule has 8 heteroatoms. The van der Waals surface area contributed by atoms with Crippen LogP contribution in [0.25, 0.3) is 11.0 Å². The minimum atomic E-state index is -0.582. The maximum absolute atomic E-state index is 12.6. The molecule has 0 radical (unpaired) electrons. The minimum absolute atomic E-state index is 0.207. The van der Waals surface area contributed by atoms with Crippen LogP contribution >= 0.6 is 11.8 Å². The third kappa shape index (κ3) is 4.13.